The Morgan fingerprint density at radius 2 is 2.18 bits per heavy atom. The van der Waals surface area contributed by atoms with Crippen molar-refractivity contribution < 1.29 is 4.52 Å². The Morgan fingerprint density at radius 3 is 2.91 bits per heavy atom. The highest BCUT2D eigenvalue weighted by Crippen LogP contribution is 2.34. The molecule has 0 saturated carbocycles. The number of aromatic nitrogens is 2. The van der Waals surface area contributed by atoms with Crippen molar-refractivity contribution in [2.45, 2.75) is 46.6 Å². The zero-order valence-electron chi connectivity index (χ0n) is 13.7. The van der Waals surface area contributed by atoms with Gasteiger partial charge < -0.3 is 4.52 Å². The van der Waals surface area contributed by atoms with Crippen LogP contribution in [0.1, 0.15) is 45.9 Å². The molecule has 3 rings (SSSR count). The van der Waals surface area contributed by atoms with E-state index in [9.17, 15) is 0 Å². The summed E-state index contributed by atoms with van der Waals surface area (Å²) in [5.74, 6) is 2.26. The molecule has 2 aromatic heterocycles. The third-order valence-electron chi connectivity index (χ3n) is 4.61. The highest BCUT2D eigenvalue weighted by molar-refractivity contribution is 7.13. The van der Waals surface area contributed by atoms with Crippen LogP contribution < -0.4 is 0 Å². The van der Waals surface area contributed by atoms with E-state index in [0.29, 0.717) is 11.2 Å². The van der Waals surface area contributed by atoms with Crippen LogP contribution in [0.3, 0.4) is 0 Å². The Bertz CT molecular complexity index is 585. The molecule has 1 atom stereocenters. The maximum atomic E-state index is 5.43. The van der Waals surface area contributed by atoms with Gasteiger partial charge in [0.2, 0.25) is 11.7 Å². The molecule has 5 heteroatoms. The third-order valence-corrected chi connectivity index (χ3v) is 5.48. The molecule has 3 heterocycles. The van der Waals surface area contributed by atoms with Gasteiger partial charge in [-0.15, -0.1) is 11.3 Å². The van der Waals surface area contributed by atoms with E-state index in [-0.39, 0.29) is 0 Å². The van der Waals surface area contributed by atoms with Gasteiger partial charge in [0.05, 0.1) is 11.4 Å². The van der Waals surface area contributed by atoms with Gasteiger partial charge in [0.15, 0.2) is 0 Å². The van der Waals surface area contributed by atoms with Crippen molar-refractivity contribution in [3.63, 3.8) is 0 Å². The van der Waals surface area contributed by atoms with E-state index in [1.54, 1.807) is 11.3 Å². The second-order valence-electron chi connectivity index (χ2n) is 7.26. The first kappa shape index (κ1) is 15.7. The topological polar surface area (TPSA) is 42.2 Å². The SMILES string of the molecule is CC(C)(C)C1CCCN(Cc2nc(-c3cccs3)no2)CC1. The summed E-state index contributed by atoms with van der Waals surface area (Å²) in [6.07, 6.45) is 3.84. The molecule has 0 spiro atoms. The highest BCUT2D eigenvalue weighted by atomic mass is 32.1. The first-order valence-electron chi connectivity index (χ1n) is 8.11. The summed E-state index contributed by atoms with van der Waals surface area (Å²) in [5.41, 5.74) is 0.410. The molecule has 22 heavy (non-hydrogen) atoms. The van der Waals surface area contributed by atoms with Crippen LogP contribution in [-0.4, -0.2) is 28.1 Å². The Kier molecular flexibility index (Phi) is 4.64. The van der Waals surface area contributed by atoms with Gasteiger partial charge in [-0.25, -0.2) is 0 Å². The second-order valence-corrected chi connectivity index (χ2v) is 8.21. The lowest BCUT2D eigenvalue weighted by Gasteiger charge is -2.29. The predicted octanol–water partition coefficient (Wildman–Crippen LogP) is 4.45. The quantitative estimate of drug-likeness (QED) is 0.838. The van der Waals surface area contributed by atoms with Crippen LogP contribution in [0, 0.1) is 11.3 Å². The molecular formula is C17H25N3OS. The van der Waals surface area contributed by atoms with Crippen LogP contribution in [0.2, 0.25) is 0 Å². The fourth-order valence-corrected chi connectivity index (χ4v) is 3.85. The van der Waals surface area contributed by atoms with Crippen molar-refractivity contribution >= 4 is 11.3 Å². The standard InChI is InChI=1S/C17H25N3OS/c1-17(2,3)13-6-4-9-20(10-8-13)12-15-18-16(19-21-15)14-7-5-11-22-14/h5,7,11,13H,4,6,8-10,12H2,1-3H3. The fourth-order valence-electron chi connectivity index (χ4n) is 3.20. The van der Waals surface area contributed by atoms with Gasteiger partial charge in [-0.1, -0.05) is 32.0 Å². The lowest BCUT2D eigenvalue weighted by atomic mass is 9.77. The van der Waals surface area contributed by atoms with E-state index >= 15 is 0 Å². The molecule has 0 aromatic carbocycles. The third kappa shape index (κ3) is 3.76. The summed E-state index contributed by atoms with van der Waals surface area (Å²) in [4.78, 5) is 8.06. The van der Waals surface area contributed by atoms with Gasteiger partial charge in [-0.05, 0) is 55.1 Å². The van der Waals surface area contributed by atoms with Gasteiger partial charge in [0, 0.05) is 0 Å². The second kappa shape index (κ2) is 6.50. The van der Waals surface area contributed by atoms with Crippen molar-refractivity contribution in [2.75, 3.05) is 13.1 Å². The summed E-state index contributed by atoms with van der Waals surface area (Å²) in [5, 5.41) is 6.13. The van der Waals surface area contributed by atoms with E-state index in [0.717, 1.165) is 36.3 Å². The van der Waals surface area contributed by atoms with Gasteiger partial charge >= 0.3 is 0 Å². The molecule has 2 aromatic rings. The Hall–Kier alpha value is -1.20. The van der Waals surface area contributed by atoms with Gasteiger partial charge in [-0.3, -0.25) is 4.90 Å². The van der Waals surface area contributed by atoms with E-state index in [4.69, 9.17) is 4.52 Å². The molecule has 1 saturated heterocycles. The van der Waals surface area contributed by atoms with Crippen molar-refractivity contribution in [1.29, 1.82) is 0 Å². The Morgan fingerprint density at radius 1 is 1.32 bits per heavy atom. The smallest absolute Gasteiger partial charge is 0.241 e. The number of likely N-dealkylation sites (tertiary alicyclic amines) is 1. The summed E-state index contributed by atoms with van der Waals surface area (Å²) in [7, 11) is 0. The van der Waals surface area contributed by atoms with Crippen molar-refractivity contribution in [3.05, 3.63) is 23.4 Å². The van der Waals surface area contributed by atoms with Crippen LogP contribution in [0.15, 0.2) is 22.0 Å². The van der Waals surface area contributed by atoms with Crippen LogP contribution in [0.5, 0.6) is 0 Å². The lowest BCUT2D eigenvalue weighted by Crippen LogP contribution is -2.26. The molecule has 0 bridgehead atoms. The Balaban J connectivity index is 1.60. The zero-order valence-corrected chi connectivity index (χ0v) is 14.5. The largest absolute Gasteiger partial charge is 0.338 e. The predicted molar refractivity (Wildman–Crippen MR) is 89.7 cm³/mol. The summed E-state index contributed by atoms with van der Waals surface area (Å²) >= 11 is 1.64. The summed E-state index contributed by atoms with van der Waals surface area (Å²) in [6, 6.07) is 4.04. The molecule has 0 radical (unpaired) electrons. The van der Waals surface area contributed by atoms with Gasteiger partial charge in [-0.2, -0.15) is 4.98 Å². The van der Waals surface area contributed by atoms with E-state index in [1.165, 1.54) is 19.3 Å². The fraction of sp³-hybridized carbons (Fsp3) is 0.647. The van der Waals surface area contributed by atoms with Crippen molar-refractivity contribution in [2.24, 2.45) is 11.3 Å². The van der Waals surface area contributed by atoms with E-state index in [2.05, 4.69) is 35.8 Å². The maximum Gasteiger partial charge on any atom is 0.241 e. The molecule has 1 aliphatic heterocycles. The molecule has 1 aliphatic rings. The molecule has 0 amide bonds. The monoisotopic (exact) mass is 319 g/mol. The number of hydrogen-bond acceptors (Lipinski definition) is 5. The molecular weight excluding hydrogens is 294 g/mol. The number of nitrogens with zero attached hydrogens (tertiary/aromatic N) is 3. The van der Waals surface area contributed by atoms with Crippen molar-refractivity contribution in [3.8, 4) is 10.7 Å². The molecule has 120 valence electrons. The first-order valence-corrected chi connectivity index (χ1v) is 8.99. The van der Waals surface area contributed by atoms with Crippen LogP contribution in [0.4, 0.5) is 0 Å². The normalized spacial score (nSPS) is 21.0. The molecule has 1 fully saturated rings. The zero-order chi connectivity index (χ0) is 15.6. The molecule has 1 unspecified atom stereocenters. The average molecular weight is 319 g/mol. The minimum atomic E-state index is 0.410. The molecule has 4 nitrogen and oxygen atoms in total. The molecule has 0 N–H and O–H groups in total. The van der Waals surface area contributed by atoms with Gasteiger partial charge in [0.25, 0.3) is 0 Å². The molecule has 0 aliphatic carbocycles. The van der Waals surface area contributed by atoms with Crippen LogP contribution in [-0.2, 0) is 6.54 Å². The number of thiophene rings is 1. The summed E-state index contributed by atoms with van der Waals surface area (Å²) in [6.45, 7) is 10.1. The van der Waals surface area contributed by atoms with Crippen LogP contribution >= 0.6 is 11.3 Å². The number of rotatable bonds is 3. The maximum absolute atomic E-state index is 5.43. The summed E-state index contributed by atoms with van der Waals surface area (Å²) < 4.78 is 5.43. The van der Waals surface area contributed by atoms with Crippen LogP contribution in [0.25, 0.3) is 10.7 Å². The first-order chi connectivity index (χ1) is 10.5. The van der Waals surface area contributed by atoms with E-state index in [1.807, 2.05) is 17.5 Å². The lowest BCUT2D eigenvalue weighted by molar-refractivity contribution is 0.198. The Labute approximate surface area is 136 Å². The minimum Gasteiger partial charge on any atom is -0.338 e. The number of hydrogen-bond donors (Lipinski definition) is 0. The highest BCUT2D eigenvalue weighted by Gasteiger charge is 2.27. The van der Waals surface area contributed by atoms with Crippen molar-refractivity contribution in [1.82, 2.24) is 15.0 Å². The van der Waals surface area contributed by atoms with Gasteiger partial charge in [0.1, 0.15) is 0 Å². The van der Waals surface area contributed by atoms with E-state index < -0.39 is 0 Å². The minimum absolute atomic E-state index is 0.410. The average Bonchev–Trinajstić information content (AvgIpc) is 3.06.